The van der Waals surface area contributed by atoms with Gasteiger partial charge in [0, 0.05) is 0 Å². The molecule has 0 N–H and O–H groups in total. The second kappa shape index (κ2) is 15.2. The zero-order chi connectivity index (χ0) is 24.1. The summed E-state index contributed by atoms with van der Waals surface area (Å²) in [5.41, 5.74) is 3.59. The van der Waals surface area contributed by atoms with Gasteiger partial charge in [-0.1, -0.05) is 104 Å². The van der Waals surface area contributed by atoms with Crippen molar-refractivity contribution in [1.29, 1.82) is 0 Å². The minimum atomic E-state index is 0.531. The van der Waals surface area contributed by atoms with E-state index in [1.807, 2.05) is 0 Å². The minimum Gasteiger partial charge on any atom is -0.0999 e. The van der Waals surface area contributed by atoms with Gasteiger partial charge in [-0.05, 0) is 99.7 Å². The number of hydrogen-bond acceptors (Lipinski definition) is 0. The first-order chi connectivity index (χ1) is 15.1. The Morgan fingerprint density at radius 2 is 1.78 bits per heavy atom. The predicted molar refractivity (Wildman–Crippen MR) is 147 cm³/mol. The third-order valence-corrected chi connectivity index (χ3v) is 7.96. The molecule has 0 amide bonds. The first kappa shape index (κ1) is 29.3. The zero-order valence-corrected chi connectivity index (χ0v) is 23.3. The number of allylic oxidation sites excluding steroid dienone is 5. The fourth-order valence-electron chi connectivity index (χ4n) is 6.19. The maximum Gasteiger partial charge on any atom is -0.0248 e. The van der Waals surface area contributed by atoms with Crippen LogP contribution in [0.15, 0.2) is 36.0 Å². The summed E-state index contributed by atoms with van der Waals surface area (Å²) in [5.74, 6) is 4.02. The minimum absolute atomic E-state index is 0.531. The summed E-state index contributed by atoms with van der Waals surface area (Å²) in [7, 11) is 0. The van der Waals surface area contributed by atoms with Gasteiger partial charge in [-0.15, -0.1) is 0 Å². The summed E-state index contributed by atoms with van der Waals surface area (Å²) >= 11 is 0. The molecule has 0 aromatic rings. The number of rotatable bonds is 14. The van der Waals surface area contributed by atoms with Crippen molar-refractivity contribution in [3.8, 4) is 0 Å². The molecule has 0 radical (unpaired) electrons. The lowest BCUT2D eigenvalue weighted by molar-refractivity contribution is 0.207. The van der Waals surface area contributed by atoms with Gasteiger partial charge in [-0.2, -0.15) is 0 Å². The molecular formula is C32H58. The van der Waals surface area contributed by atoms with Gasteiger partial charge in [0.05, 0.1) is 0 Å². The SMILES string of the molecule is C=C(CCC)CC(C)C(CC(/C=C\C)=C/CCC(C)CC(C)C)C1CCCC(C)(C)CC1. The molecule has 186 valence electrons. The fraction of sp³-hybridized carbons (Fsp3) is 0.812. The highest BCUT2D eigenvalue weighted by Gasteiger charge is 2.32. The first-order valence-corrected chi connectivity index (χ1v) is 14.1. The van der Waals surface area contributed by atoms with Gasteiger partial charge in [0.25, 0.3) is 0 Å². The molecule has 0 heteroatoms. The van der Waals surface area contributed by atoms with Gasteiger partial charge < -0.3 is 0 Å². The van der Waals surface area contributed by atoms with Gasteiger partial charge in [0.1, 0.15) is 0 Å². The molecule has 1 rings (SSSR count). The van der Waals surface area contributed by atoms with Gasteiger partial charge in [0.15, 0.2) is 0 Å². The smallest absolute Gasteiger partial charge is 0.0248 e. The lowest BCUT2D eigenvalue weighted by atomic mass is 9.72. The Labute approximate surface area is 203 Å². The summed E-state index contributed by atoms with van der Waals surface area (Å²) in [6.07, 6.45) is 23.1. The lowest BCUT2D eigenvalue weighted by Gasteiger charge is -2.33. The normalized spacial score (nSPS) is 22.7. The summed E-state index contributed by atoms with van der Waals surface area (Å²) < 4.78 is 0. The van der Waals surface area contributed by atoms with Crippen molar-refractivity contribution >= 4 is 0 Å². The average Bonchev–Trinajstić information content (AvgIpc) is 2.85. The molecular weight excluding hydrogens is 384 g/mol. The van der Waals surface area contributed by atoms with Crippen LogP contribution in [0.3, 0.4) is 0 Å². The van der Waals surface area contributed by atoms with Crippen LogP contribution in [0, 0.1) is 35.0 Å². The summed E-state index contributed by atoms with van der Waals surface area (Å²) in [4.78, 5) is 0. The Morgan fingerprint density at radius 3 is 2.41 bits per heavy atom. The molecule has 0 saturated heterocycles. The first-order valence-electron chi connectivity index (χ1n) is 14.1. The molecule has 1 fully saturated rings. The molecule has 0 aliphatic heterocycles. The molecule has 0 spiro atoms. The fourth-order valence-corrected chi connectivity index (χ4v) is 6.19. The monoisotopic (exact) mass is 442 g/mol. The van der Waals surface area contributed by atoms with Crippen molar-refractivity contribution < 1.29 is 0 Å². The molecule has 0 heterocycles. The third kappa shape index (κ3) is 11.9. The van der Waals surface area contributed by atoms with E-state index in [4.69, 9.17) is 0 Å². The maximum atomic E-state index is 4.43. The molecule has 4 atom stereocenters. The van der Waals surface area contributed by atoms with Gasteiger partial charge in [0.2, 0.25) is 0 Å². The topological polar surface area (TPSA) is 0 Å². The van der Waals surface area contributed by atoms with Crippen molar-refractivity contribution in [3.05, 3.63) is 36.0 Å². The average molecular weight is 443 g/mol. The van der Waals surface area contributed by atoms with E-state index in [0.29, 0.717) is 5.41 Å². The highest BCUT2D eigenvalue weighted by molar-refractivity contribution is 5.19. The largest absolute Gasteiger partial charge is 0.0999 e. The molecule has 0 nitrogen and oxygen atoms in total. The maximum absolute atomic E-state index is 4.43. The van der Waals surface area contributed by atoms with E-state index in [2.05, 4.69) is 80.2 Å². The van der Waals surface area contributed by atoms with E-state index in [9.17, 15) is 0 Å². The van der Waals surface area contributed by atoms with E-state index < -0.39 is 0 Å². The summed E-state index contributed by atoms with van der Waals surface area (Å²) in [5, 5.41) is 0. The van der Waals surface area contributed by atoms with E-state index in [0.717, 1.165) is 29.6 Å². The Morgan fingerprint density at radius 1 is 1.06 bits per heavy atom. The van der Waals surface area contributed by atoms with Crippen molar-refractivity contribution in [2.45, 2.75) is 132 Å². The quantitative estimate of drug-likeness (QED) is 0.142. The molecule has 0 aromatic heterocycles. The lowest BCUT2D eigenvalue weighted by Crippen LogP contribution is -2.23. The Hall–Kier alpha value is -0.780. The summed E-state index contributed by atoms with van der Waals surface area (Å²) in [6, 6.07) is 0. The van der Waals surface area contributed by atoms with Crippen LogP contribution in [-0.4, -0.2) is 0 Å². The van der Waals surface area contributed by atoms with Gasteiger partial charge in [-0.25, -0.2) is 0 Å². The van der Waals surface area contributed by atoms with Crippen molar-refractivity contribution in [2.75, 3.05) is 0 Å². The zero-order valence-electron chi connectivity index (χ0n) is 23.3. The molecule has 1 saturated carbocycles. The molecule has 4 unspecified atom stereocenters. The van der Waals surface area contributed by atoms with Crippen LogP contribution in [0.5, 0.6) is 0 Å². The predicted octanol–water partition coefficient (Wildman–Crippen LogP) is 10.9. The Bertz CT molecular complexity index is 573. The summed E-state index contributed by atoms with van der Waals surface area (Å²) in [6.45, 7) is 23.5. The van der Waals surface area contributed by atoms with E-state index >= 15 is 0 Å². The van der Waals surface area contributed by atoms with Crippen molar-refractivity contribution in [3.63, 3.8) is 0 Å². The number of hydrogen-bond donors (Lipinski definition) is 0. The van der Waals surface area contributed by atoms with Crippen LogP contribution in [-0.2, 0) is 0 Å². The Kier molecular flexibility index (Phi) is 13.9. The second-order valence-electron chi connectivity index (χ2n) is 12.5. The standard InChI is InChI=1S/C32H58/c1-10-14-26(5)23-28(7)31(30-18-13-20-32(8,9)21-19-30)24-29(15-11-2)17-12-16-27(6)22-25(3)4/h11,15,17,25,27-28,30-31H,5,10,12-14,16,18-24H2,1-4,6-9H3/b15-11-,29-17+. The van der Waals surface area contributed by atoms with Crippen molar-refractivity contribution in [1.82, 2.24) is 0 Å². The van der Waals surface area contributed by atoms with Crippen LogP contribution in [0.25, 0.3) is 0 Å². The second-order valence-corrected chi connectivity index (χ2v) is 12.5. The Balaban J connectivity index is 2.96. The molecule has 0 aromatic carbocycles. The molecule has 32 heavy (non-hydrogen) atoms. The van der Waals surface area contributed by atoms with Gasteiger partial charge in [-0.3, -0.25) is 0 Å². The van der Waals surface area contributed by atoms with Crippen LogP contribution in [0.4, 0.5) is 0 Å². The van der Waals surface area contributed by atoms with Crippen LogP contribution >= 0.6 is 0 Å². The molecule has 1 aliphatic carbocycles. The van der Waals surface area contributed by atoms with Gasteiger partial charge >= 0.3 is 0 Å². The van der Waals surface area contributed by atoms with E-state index in [1.165, 1.54) is 82.6 Å². The molecule has 0 bridgehead atoms. The van der Waals surface area contributed by atoms with Crippen LogP contribution < -0.4 is 0 Å². The highest BCUT2D eigenvalue weighted by Crippen LogP contribution is 2.43. The molecule has 1 aliphatic rings. The van der Waals surface area contributed by atoms with Crippen LogP contribution in [0.1, 0.15) is 132 Å². The van der Waals surface area contributed by atoms with E-state index in [1.54, 1.807) is 5.57 Å². The van der Waals surface area contributed by atoms with Crippen molar-refractivity contribution in [2.24, 2.45) is 35.0 Å². The highest BCUT2D eigenvalue weighted by atomic mass is 14.4. The van der Waals surface area contributed by atoms with E-state index in [-0.39, 0.29) is 0 Å². The van der Waals surface area contributed by atoms with Crippen LogP contribution in [0.2, 0.25) is 0 Å². The third-order valence-electron chi connectivity index (χ3n) is 7.96.